The van der Waals surface area contributed by atoms with Crippen molar-refractivity contribution in [2.75, 3.05) is 6.61 Å². The van der Waals surface area contributed by atoms with Crippen LogP contribution in [0.3, 0.4) is 0 Å². The SMILES string of the molecule is CCOC(=O)CC#Cc1ccc2n[nH]nc2c1. The molecule has 1 aromatic carbocycles. The second kappa shape index (κ2) is 5.12. The van der Waals surface area contributed by atoms with Gasteiger partial charge in [0.05, 0.1) is 6.61 Å². The Balaban J connectivity index is 2.07. The van der Waals surface area contributed by atoms with E-state index in [9.17, 15) is 4.79 Å². The fraction of sp³-hybridized carbons (Fsp3) is 0.250. The predicted octanol–water partition coefficient (Wildman–Crippen LogP) is 1.26. The van der Waals surface area contributed by atoms with Gasteiger partial charge in [0.25, 0.3) is 0 Å². The number of nitrogens with zero attached hydrogens (tertiary/aromatic N) is 2. The van der Waals surface area contributed by atoms with Crippen LogP contribution in [0.5, 0.6) is 0 Å². The van der Waals surface area contributed by atoms with E-state index in [0.717, 1.165) is 16.6 Å². The van der Waals surface area contributed by atoms with Crippen molar-refractivity contribution >= 4 is 17.0 Å². The normalized spacial score (nSPS) is 9.71. The zero-order valence-corrected chi connectivity index (χ0v) is 9.36. The summed E-state index contributed by atoms with van der Waals surface area (Å²) in [5.41, 5.74) is 2.35. The summed E-state index contributed by atoms with van der Waals surface area (Å²) in [4.78, 5) is 11.1. The van der Waals surface area contributed by atoms with Gasteiger partial charge in [-0.2, -0.15) is 15.4 Å². The molecule has 0 bridgehead atoms. The van der Waals surface area contributed by atoms with Crippen molar-refractivity contribution in [3.63, 3.8) is 0 Å². The zero-order valence-electron chi connectivity index (χ0n) is 9.36. The van der Waals surface area contributed by atoms with Crippen LogP contribution in [0.4, 0.5) is 0 Å². The van der Waals surface area contributed by atoms with Crippen molar-refractivity contribution < 1.29 is 9.53 Å². The molecule has 0 aliphatic rings. The Hall–Kier alpha value is -2.35. The number of nitrogens with one attached hydrogen (secondary N) is 1. The monoisotopic (exact) mass is 229 g/mol. The highest BCUT2D eigenvalue weighted by molar-refractivity contribution is 5.76. The topological polar surface area (TPSA) is 67.9 Å². The van der Waals surface area contributed by atoms with Crippen molar-refractivity contribution in [3.05, 3.63) is 23.8 Å². The summed E-state index contributed by atoms with van der Waals surface area (Å²) in [6.07, 6.45) is 0.102. The summed E-state index contributed by atoms with van der Waals surface area (Å²) in [6, 6.07) is 5.48. The molecule has 0 saturated heterocycles. The molecule has 0 spiro atoms. The maximum Gasteiger partial charge on any atom is 0.317 e. The van der Waals surface area contributed by atoms with E-state index in [-0.39, 0.29) is 12.4 Å². The third kappa shape index (κ3) is 2.82. The van der Waals surface area contributed by atoms with E-state index in [1.807, 2.05) is 18.2 Å². The van der Waals surface area contributed by atoms with Gasteiger partial charge in [0.15, 0.2) is 0 Å². The molecule has 5 heteroatoms. The molecule has 1 aromatic heterocycles. The highest BCUT2D eigenvalue weighted by Crippen LogP contribution is 2.09. The van der Waals surface area contributed by atoms with Gasteiger partial charge in [-0.3, -0.25) is 4.79 Å². The second-order valence-corrected chi connectivity index (χ2v) is 3.31. The summed E-state index contributed by atoms with van der Waals surface area (Å²) in [5, 5.41) is 10.4. The van der Waals surface area contributed by atoms with Crippen molar-refractivity contribution in [1.82, 2.24) is 15.4 Å². The van der Waals surface area contributed by atoms with Gasteiger partial charge in [0.1, 0.15) is 17.5 Å². The fourth-order valence-electron chi connectivity index (χ4n) is 1.35. The molecule has 17 heavy (non-hydrogen) atoms. The maximum atomic E-state index is 11.1. The summed E-state index contributed by atoms with van der Waals surface area (Å²) in [7, 11) is 0. The van der Waals surface area contributed by atoms with Crippen LogP contribution >= 0.6 is 0 Å². The number of aromatic nitrogens is 3. The van der Waals surface area contributed by atoms with Crippen LogP contribution in [0.2, 0.25) is 0 Å². The Morgan fingerprint density at radius 2 is 2.24 bits per heavy atom. The first-order valence-corrected chi connectivity index (χ1v) is 5.24. The van der Waals surface area contributed by atoms with Crippen molar-refractivity contribution in [1.29, 1.82) is 0 Å². The molecule has 86 valence electrons. The minimum Gasteiger partial charge on any atom is -0.465 e. The molecule has 2 rings (SSSR count). The van der Waals surface area contributed by atoms with Gasteiger partial charge in [-0.05, 0) is 25.1 Å². The molecular weight excluding hydrogens is 218 g/mol. The third-order valence-corrected chi connectivity index (χ3v) is 2.09. The average molecular weight is 229 g/mol. The lowest BCUT2D eigenvalue weighted by atomic mass is 10.2. The number of rotatable bonds is 2. The molecule has 1 N–H and O–H groups in total. The highest BCUT2D eigenvalue weighted by Gasteiger charge is 1.98. The average Bonchev–Trinajstić information content (AvgIpc) is 2.76. The molecule has 0 atom stereocenters. The van der Waals surface area contributed by atoms with Crippen LogP contribution in [-0.4, -0.2) is 28.0 Å². The van der Waals surface area contributed by atoms with E-state index in [2.05, 4.69) is 27.3 Å². The van der Waals surface area contributed by atoms with Gasteiger partial charge in [0.2, 0.25) is 0 Å². The minimum absolute atomic E-state index is 0.102. The molecule has 0 saturated carbocycles. The number of benzene rings is 1. The molecule has 0 radical (unpaired) electrons. The van der Waals surface area contributed by atoms with Crippen LogP contribution in [0, 0.1) is 11.8 Å². The molecular formula is C12H11N3O2. The Morgan fingerprint density at radius 1 is 1.41 bits per heavy atom. The molecule has 0 fully saturated rings. The largest absolute Gasteiger partial charge is 0.465 e. The summed E-state index contributed by atoms with van der Waals surface area (Å²) in [5.74, 6) is 5.34. The molecule has 0 aliphatic carbocycles. The lowest BCUT2D eigenvalue weighted by Crippen LogP contribution is -2.01. The van der Waals surface area contributed by atoms with Crippen LogP contribution in [-0.2, 0) is 9.53 Å². The third-order valence-electron chi connectivity index (χ3n) is 2.09. The minimum atomic E-state index is -0.303. The Morgan fingerprint density at radius 3 is 3.06 bits per heavy atom. The standard InChI is InChI=1S/C12H11N3O2/c1-2-17-12(16)5-3-4-9-6-7-10-11(8-9)14-15-13-10/h6-8H,2,5H2,1H3,(H,13,14,15). The lowest BCUT2D eigenvalue weighted by molar-refractivity contribution is -0.141. The van der Waals surface area contributed by atoms with E-state index in [4.69, 9.17) is 4.74 Å². The number of aromatic amines is 1. The van der Waals surface area contributed by atoms with E-state index in [1.54, 1.807) is 6.92 Å². The van der Waals surface area contributed by atoms with Gasteiger partial charge in [0, 0.05) is 5.56 Å². The molecule has 5 nitrogen and oxygen atoms in total. The molecule has 0 unspecified atom stereocenters. The number of H-pyrrole nitrogens is 1. The van der Waals surface area contributed by atoms with Gasteiger partial charge in [-0.15, -0.1) is 0 Å². The predicted molar refractivity (Wildman–Crippen MR) is 62.0 cm³/mol. The van der Waals surface area contributed by atoms with Gasteiger partial charge in [-0.1, -0.05) is 11.8 Å². The summed E-state index contributed by atoms with van der Waals surface area (Å²) >= 11 is 0. The van der Waals surface area contributed by atoms with Crippen LogP contribution in [0.25, 0.3) is 11.0 Å². The fourth-order valence-corrected chi connectivity index (χ4v) is 1.35. The molecule has 1 heterocycles. The Bertz CT molecular complexity index is 592. The second-order valence-electron chi connectivity index (χ2n) is 3.31. The summed E-state index contributed by atoms with van der Waals surface area (Å²) in [6.45, 7) is 2.15. The maximum absolute atomic E-state index is 11.1. The van der Waals surface area contributed by atoms with E-state index >= 15 is 0 Å². The van der Waals surface area contributed by atoms with Crippen LogP contribution < -0.4 is 0 Å². The van der Waals surface area contributed by atoms with Crippen LogP contribution in [0.1, 0.15) is 18.9 Å². The molecule has 0 aliphatic heterocycles. The lowest BCUT2D eigenvalue weighted by Gasteiger charge is -1.94. The highest BCUT2D eigenvalue weighted by atomic mass is 16.5. The summed E-state index contributed by atoms with van der Waals surface area (Å²) < 4.78 is 4.77. The number of hydrogen-bond acceptors (Lipinski definition) is 4. The molecule has 2 aromatic rings. The van der Waals surface area contributed by atoms with E-state index in [0.29, 0.717) is 6.61 Å². The number of fused-ring (bicyclic) bond motifs is 1. The van der Waals surface area contributed by atoms with Crippen molar-refractivity contribution in [2.45, 2.75) is 13.3 Å². The van der Waals surface area contributed by atoms with E-state index in [1.165, 1.54) is 0 Å². The van der Waals surface area contributed by atoms with Gasteiger partial charge < -0.3 is 4.74 Å². The Kier molecular flexibility index (Phi) is 3.36. The number of carbonyl (C=O) groups is 1. The molecule has 0 amide bonds. The first kappa shape index (κ1) is 11.1. The zero-order chi connectivity index (χ0) is 12.1. The first-order chi connectivity index (χ1) is 8.29. The van der Waals surface area contributed by atoms with Crippen molar-refractivity contribution in [3.8, 4) is 11.8 Å². The quantitative estimate of drug-likeness (QED) is 0.622. The van der Waals surface area contributed by atoms with Crippen molar-refractivity contribution in [2.24, 2.45) is 0 Å². The number of ether oxygens (including phenoxy) is 1. The first-order valence-electron chi connectivity index (χ1n) is 5.24. The van der Waals surface area contributed by atoms with Crippen LogP contribution in [0.15, 0.2) is 18.2 Å². The van der Waals surface area contributed by atoms with Gasteiger partial charge in [-0.25, -0.2) is 0 Å². The number of carbonyl (C=O) groups excluding carboxylic acids is 1. The smallest absolute Gasteiger partial charge is 0.317 e. The number of hydrogen-bond donors (Lipinski definition) is 1. The number of esters is 1. The van der Waals surface area contributed by atoms with Gasteiger partial charge >= 0.3 is 5.97 Å². The van der Waals surface area contributed by atoms with E-state index < -0.39 is 0 Å². The Labute approximate surface area is 98.2 Å².